The number of nitrogens with zero attached hydrogens (tertiary/aromatic N) is 2. The summed E-state index contributed by atoms with van der Waals surface area (Å²) in [5, 5.41) is 2.51. The molecule has 1 aliphatic rings. The lowest BCUT2D eigenvalue weighted by molar-refractivity contribution is 0.663. The molecule has 4 heteroatoms. The summed E-state index contributed by atoms with van der Waals surface area (Å²) < 4.78 is 2.35. The quantitative estimate of drug-likeness (QED) is 0.579. The molecule has 1 fully saturated rings. The summed E-state index contributed by atoms with van der Waals surface area (Å²) in [5.74, 6) is 0. The van der Waals surface area contributed by atoms with Crippen molar-refractivity contribution in [1.29, 1.82) is 0 Å². The molecule has 0 unspecified atom stereocenters. The van der Waals surface area contributed by atoms with Gasteiger partial charge in [0.15, 0.2) is 5.16 Å². The molecule has 78 valence electrons. The summed E-state index contributed by atoms with van der Waals surface area (Å²) in [6, 6.07) is 0.765. The second-order valence-electron chi connectivity index (χ2n) is 5.20. The van der Waals surface area contributed by atoms with Crippen LogP contribution >= 0.6 is 11.8 Å². The zero-order valence-electron chi connectivity index (χ0n) is 9.16. The van der Waals surface area contributed by atoms with Crippen molar-refractivity contribution in [3.8, 4) is 0 Å². The van der Waals surface area contributed by atoms with E-state index in [9.17, 15) is 0 Å². The zero-order valence-corrected chi connectivity index (χ0v) is 11.0. The predicted molar refractivity (Wildman–Crippen MR) is 64.6 cm³/mol. The van der Waals surface area contributed by atoms with Gasteiger partial charge in [-0.1, -0.05) is 31.4 Å². The van der Waals surface area contributed by atoms with Crippen LogP contribution in [0.15, 0.2) is 17.6 Å². The van der Waals surface area contributed by atoms with Crippen LogP contribution in [0.4, 0.5) is 0 Å². The molecule has 1 heterocycles. The number of imidazole rings is 1. The normalized spacial score (nSPS) is 17.4. The molecule has 1 saturated carbocycles. The van der Waals surface area contributed by atoms with Crippen LogP contribution in [-0.2, 0) is 0 Å². The van der Waals surface area contributed by atoms with Crippen LogP contribution in [0.5, 0.6) is 0 Å². The molecule has 0 aliphatic heterocycles. The van der Waals surface area contributed by atoms with E-state index in [1.54, 1.807) is 0 Å². The maximum Gasteiger partial charge on any atom is 0.167 e. The SMILES string of the molecule is C[Si](C)(C)CSc1nccn1C1CC1. The van der Waals surface area contributed by atoms with Crippen LogP contribution in [0.25, 0.3) is 0 Å². The Bertz CT molecular complexity index is 312. The fourth-order valence-corrected chi connectivity index (χ4v) is 4.07. The Hall–Kier alpha value is -0.223. The van der Waals surface area contributed by atoms with E-state index in [2.05, 4.69) is 35.4 Å². The van der Waals surface area contributed by atoms with E-state index in [0.717, 1.165) is 6.04 Å². The van der Waals surface area contributed by atoms with Gasteiger partial charge >= 0.3 is 0 Å². The highest BCUT2D eigenvalue weighted by molar-refractivity contribution is 8.00. The van der Waals surface area contributed by atoms with Gasteiger partial charge < -0.3 is 4.57 Å². The Morgan fingerprint density at radius 2 is 2.21 bits per heavy atom. The molecule has 0 amide bonds. The van der Waals surface area contributed by atoms with Crippen LogP contribution in [0, 0.1) is 0 Å². The van der Waals surface area contributed by atoms with E-state index < -0.39 is 8.07 Å². The van der Waals surface area contributed by atoms with Gasteiger partial charge in [0.25, 0.3) is 0 Å². The molecule has 0 bridgehead atoms. The molecule has 0 atom stereocenters. The van der Waals surface area contributed by atoms with Crippen molar-refractivity contribution in [2.24, 2.45) is 0 Å². The monoisotopic (exact) mass is 226 g/mol. The van der Waals surface area contributed by atoms with Crippen molar-refractivity contribution in [3.05, 3.63) is 12.4 Å². The molecule has 1 aromatic rings. The smallest absolute Gasteiger partial charge is 0.167 e. The van der Waals surface area contributed by atoms with Crippen molar-refractivity contribution in [1.82, 2.24) is 9.55 Å². The van der Waals surface area contributed by atoms with Crippen molar-refractivity contribution in [3.63, 3.8) is 0 Å². The van der Waals surface area contributed by atoms with Gasteiger partial charge in [0, 0.05) is 18.4 Å². The minimum atomic E-state index is -0.941. The van der Waals surface area contributed by atoms with E-state index in [1.165, 1.54) is 23.4 Å². The first kappa shape index (κ1) is 10.3. The van der Waals surface area contributed by atoms with E-state index in [1.807, 2.05) is 18.0 Å². The topological polar surface area (TPSA) is 17.8 Å². The van der Waals surface area contributed by atoms with Crippen LogP contribution in [0.1, 0.15) is 18.9 Å². The van der Waals surface area contributed by atoms with Crippen LogP contribution < -0.4 is 0 Å². The van der Waals surface area contributed by atoms with Gasteiger partial charge in [0.05, 0.1) is 8.07 Å². The zero-order chi connectivity index (χ0) is 10.2. The first-order valence-electron chi connectivity index (χ1n) is 5.22. The van der Waals surface area contributed by atoms with E-state index >= 15 is 0 Å². The number of hydrogen-bond acceptors (Lipinski definition) is 2. The molecule has 0 spiro atoms. The van der Waals surface area contributed by atoms with E-state index in [4.69, 9.17) is 0 Å². The maximum atomic E-state index is 4.43. The third kappa shape index (κ3) is 2.64. The lowest BCUT2D eigenvalue weighted by atomic mass is 10.7. The average Bonchev–Trinajstić information content (AvgIpc) is 2.81. The summed E-state index contributed by atoms with van der Waals surface area (Å²) in [5.41, 5.74) is 0. The summed E-state index contributed by atoms with van der Waals surface area (Å²) >= 11 is 1.94. The molecule has 0 N–H and O–H groups in total. The highest BCUT2D eigenvalue weighted by Crippen LogP contribution is 2.37. The molecule has 2 rings (SSSR count). The summed E-state index contributed by atoms with van der Waals surface area (Å²) in [7, 11) is -0.941. The molecule has 1 aromatic heterocycles. The highest BCUT2D eigenvalue weighted by atomic mass is 32.2. The van der Waals surface area contributed by atoms with Crippen molar-refractivity contribution < 1.29 is 0 Å². The standard InChI is InChI=1S/C10H18N2SSi/c1-14(2,3)8-13-10-11-6-7-12(10)9-4-5-9/h6-7,9H,4-5,8H2,1-3H3. The molecule has 0 radical (unpaired) electrons. The largest absolute Gasteiger partial charge is 0.323 e. The first-order valence-corrected chi connectivity index (χ1v) is 9.91. The Labute approximate surface area is 91.1 Å². The fourth-order valence-electron chi connectivity index (χ4n) is 1.32. The minimum absolute atomic E-state index is 0.765. The van der Waals surface area contributed by atoms with Gasteiger partial charge in [-0.05, 0) is 18.2 Å². The molecule has 14 heavy (non-hydrogen) atoms. The highest BCUT2D eigenvalue weighted by Gasteiger charge is 2.26. The molecular weight excluding hydrogens is 208 g/mol. The third-order valence-corrected chi connectivity index (χ3v) is 6.82. The number of aromatic nitrogens is 2. The van der Waals surface area contributed by atoms with Gasteiger partial charge in [-0.25, -0.2) is 4.98 Å². The second kappa shape index (κ2) is 3.74. The summed E-state index contributed by atoms with van der Waals surface area (Å²) in [4.78, 5) is 4.43. The number of rotatable bonds is 4. The van der Waals surface area contributed by atoms with Gasteiger partial charge in [0.2, 0.25) is 0 Å². The number of hydrogen-bond donors (Lipinski definition) is 0. The van der Waals surface area contributed by atoms with Gasteiger partial charge in [-0.3, -0.25) is 0 Å². The molecule has 1 aliphatic carbocycles. The van der Waals surface area contributed by atoms with Crippen LogP contribution in [-0.4, -0.2) is 23.0 Å². The minimum Gasteiger partial charge on any atom is -0.323 e. The Morgan fingerprint density at radius 3 is 2.79 bits per heavy atom. The molecular formula is C10H18N2SSi. The van der Waals surface area contributed by atoms with Crippen molar-refractivity contribution in [2.45, 2.75) is 43.7 Å². The third-order valence-electron chi connectivity index (χ3n) is 2.21. The first-order chi connectivity index (χ1) is 6.56. The number of thioether (sulfide) groups is 1. The van der Waals surface area contributed by atoms with E-state index in [0.29, 0.717) is 0 Å². The van der Waals surface area contributed by atoms with Crippen LogP contribution in [0.2, 0.25) is 19.6 Å². The molecule has 0 saturated heterocycles. The van der Waals surface area contributed by atoms with Crippen molar-refractivity contribution >= 4 is 19.8 Å². The average molecular weight is 226 g/mol. The molecule has 2 nitrogen and oxygen atoms in total. The maximum absolute atomic E-state index is 4.43. The predicted octanol–water partition coefficient (Wildman–Crippen LogP) is 3.19. The summed E-state index contributed by atoms with van der Waals surface area (Å²) in [6.07, 6.45) is 6.75. The lowest BCUT2D eigenvalue weighted by Crippen LogP contribution is -2.24. The second-order valence-corrected chi connectivity index (χ2v) is 12.1. The van der Waals surface area contributed by atoms with Gasteiger partial charge in [0.1, 0.15) is 0 Å². The van der Waals surface area contributed by atoms with Gasteiger partial charge in [-0.2, -0.15) is 0 Å². The van der Waals surface area contributed by atoms with E-state index in [-0.39, 0.29) is 0 Å². The Balaban J connectivity index is 1.98. The van der Waals surface area contributed by atoms with Crippen molar-refractivity contribution in [2.75, 3.05) is 5.38 Å². The van der Waals surface area contributed by atoms with Crippen LogP contribution in [0.3, 0.4) is 0 Å². The summed E-state index contributed by atoms with van der Waals surface area (Å²) in [6.45, 7) is 7.22. The fraction of sp³-hybridized carbons (Fsp3) is 0.700. The molecule has 0 aromatic carbocycles. The Morgan fingerprint density at radius 1 is 1.50 bits per heavy atom. The lowest BCUT2D eigenvalue weighted by Gasteiger charge is -2.14. The Kier molecular flexibility index (Phi) is 2.75. The van der Waals surface area contributed by atoms with Gasteiger partial charge in [-0.15, -0.1) is 0 Å².